The molecule has 35 heavy (non-hydrogen) atoms. The van der Waals surface area contributed by atoms with Crippen LogP contribution in [0.2, 0.25) is 10.0 Å². The highest BCUT2D eigenvalue weighted by molar-refractivity contribution is 6.34. The van der Waals surface area contributed by atoms with Crippen molar-refractivity contribution in [3.05, 3.63) is 87.8 Å². The molecule has 0 spiro atoms. The molecular weight excluding hydrogens is 502 g/mol. The van der Waals surface area contributed by atoms with Crippen LogP contribution < -0.4 is 0 Å². The molecule has 0 fully saturated rings. The zero-order chi connectivity index (χ0) is 25.4. The van der Waals surface area contributed by atoms with Crippen molar-refractivity contribution in [1.29, 1.82) is 0 Å². The Hall–Kier alpha value is -2.84. The Morgan fingerprint density at radius 1 is 1.17 bits per heavy atom. The van der Waals surface area contributed by atoms with Crippen LogP contribution in [-0.4, -0.2) is 34.7 Å². The lowest BCUT2D eigenvalue weighted by Crippen LogP contribution is -2.44. The number of likely N-dealkylation sites (N-methyl/N-ethyl adjacent to an activating group) is 1. The fourth-order valence-corrected chi connectivity index (χ4v) is 4.75. The van der Waals surface area contributed by atoms with E-state index < -0.39 is 23.6 Å². The summed E-state index contributed by atoms with van der Waals surface area (Å²) in [5.74, 6) is -0.185. The maximum Gasteiger partial charge on any atom is 0.435 e. The van der Waals surface area contributed by atoms with Crippen LogP contribution in [0.5, 0.6) is 0 Å². The Morgan fingerprint density at radius 2 is 1.89 bits per heavy atom. The van der Waals surface area contributed by atoms with E-state index in [1.54, 1.807) is 56.6 Å². The maximum atomic E-state index is 14.4. The number of oxime groups is 1. The summed E-state index contributed by atoms with van der Waals surface area (Å²) in [5.41, 5.74) is -2.35. The van der Waals surface area contributed by atoms with Crippen molar-refractivity contribution in [2.45, 2.75) is 38.0 Å². The number of hydrogen-bond donors (Lipinski definition) is 0. The van der Waals surface area contributed by atoms with Gasteiger partial charge in [0.25, 0.3) is 5.60 Å². The van der Waals surface area contributed by atoms with Crippen LogP contribution in [0.3, 0.4) is 0 Å². The van der Waals surface area contributed by atoms with E-state index in [1.165, 1.54) is 23.1 Å². The molecule has 184 valence electrons. The first-order chi connectivity index (χ1) is 16.4. The normalized spacial score (nSPS) is 24.0. The summed E-state index contributed by atoms with van der Waals surface area (Å²) < 4.78 is 43.1. The minimum atomic E-state index is -4.78. The van der Waals surface area contributed by atoms with Crippen molar-refractivity contribution in [2.75, 3.05) is 7.05 Å². The number of aromatic nitrogens is 1. The molecule has 2 aromatic rings. The number of carbonyl (C=O) groups is 1. The molecule has 4 rings (SSSR count). The molecule has 1 aromatic heterocycles. The molecular formula is C25H22Cl2F3N3O2. The lowest BCUT2D eigenvalue weighted by Gasteiger charge is -2.34. The second-order valence-electron chi connectivity index (χ2n) is 8.85. The van der Waals surface area contributed by atoms with Crippen LogP contribution in [0.4, 0.5) is 13.2 Å². The first-order valence-corrected chi connectivity index (χ1v) is 11.5. The first-order valence-electron chi connectivity index (χ1n) is 10.8. The van der Waals surface area contributed by atoms with Gasteiger partial charge in [0.05, 0.1) is 12.1 Å². The lowest BCUT2D eigenvalue weighted by molar-refractivity contribution is -0.275. The van der Waals surface area contributed by atoms with E-state index in [2.05, 4.69) is 10.1 Å². The number of alkyl halides is 3. The van der Waals surface area contributed by atoms with E-state index in [-0.39, 0.29) is 40.1 Å². The molecule has 1 aliphatic carbocycles. The molecule has 2 atom stereocenters. The smallest absolute Gasteiger partial charge is 0.374 e. The third kappa shape index (κ3) is 4.95. The molecule has 0 N–H and O–H groups in total. The molecule has 0 radical (unpaired) electrons. The minimum absolute atomic E-state index is 0.0650. The summed E-state index contributed by atoms with van der Waals surface area (Å²) in [7, 11) is 1.64. The molecule has 2 aliphatic rings. The predicted molar refractivity (Wildman–Crippen MR) is 128 cm³/mol. The summed E-state index contributed by atoms with van der Waals surface area (Å²) >= 11 is 12.0. The predicted octanol–water partition coefficient (Wildman–Crippen LogP) is 6.47. The van der Waals surface area contributed by atoms with E-state index in [4.69, 9.17) is 28.0 Å². The number of rotatable bonds is 5. The van der Waals surface area contributed by atoms with E-state index in [1.807, 2.05) is 0 Å². The Labute approximate surface area is 210 Å². The highest BCUT2D eigenvalue weighted by Gasteiger charge is 2.63. The topological polar surface area (TPSA) is 54.8 Å². The number of benzene rings is 1. The fraction of sp³-hybridized carbons (Fsp3) is 0.320. The number of carbonyl (C=O) groups excluding carboxylic acids is 1. The van der Waals surface area contributed by atoms with Crippen molar-refractivity contribution in [1.82, 2.24) is 9.88 Å². The van der Waals surface area contributed by atoms with Gasteiger partial charge in [0.2, 0.25) is 5.91 Å². The van der Waals surface area contributed by atoms with Crippen LogP contribution in [0, 0.1) is 5.41 Å². The van der Waals surface area contributed by atoms with Crippen molar-refractivity contribution in [3.8, 4) is 0 Å². The van der Waals surface area contributed by atoms with Gasteiger partial charge in [0.15, 0.2) is 0 Å². The van der Waals surface area contributed by atoms with E-state index in [0.29, 0.717) is 11.4 Å². The van der Waals surface area contributed by atoms with Gasteiger partial charge in [-0.25, -0.2) is 0 Å². The van der Waals surface area contributed by atoms with Crippen LogP contribution in [0.1, 0.15) is 31.0 Å². The fourth-order valence-electron chi connectivity index (χ4n) is 4.23. The molecule has 1 amide bonds. The molecule has 1 aliphatic heterocycles. The monoisotopic (exact) mass is 523 g/mol. The van der Waals surface area contributed by atoms with Crippen molar-refractivity contribution >= 4 is 34.8 Å². The Morgan fingerprint density at radius 3 is 2.51 bits per heavy atom. The summed E-state index contributed by atoms with van der Waals surface area (Å²) in [6.45, 7) is 1.77. The van der Waals surface area contributed by atoms with Gasteiger partial charge in [-0.1, -0.05) is 53.5 Å². The first kappa shape index (κ1) is 25.3. The zero-order valence-electron chi connectivity index (χ0n) is 18.9. The third-order valence-corrected chi connectivity index (χ3v) is 6.77. The Kier molecular flexibility index (Phi) is 6.72. The standard InChI is InChI=1S/C25H22Cl2F3N3O2/c1-23(8-5-7-20(14-23)33(2)22(34)13-19-6-3-4-9-31-19)21-15-24(35-32-21,25(28,29)30)16-10-17(26)12-18(27)11-16/h3-12H,13-15H2,1-2H3. The van der Waals surface area contributed by atoms with E-state index >= 15 is 0 Å². The molecule has 0 saturated heterocycles. The third-order valence-electron chi connectivity index (χ3n) is 6.34. The largest absolute Gasteiger partial charge is 0.435 e. The summed E-state index contributed by atoms with van der Waals surface area (Å²) in [5, 5.41) is 4.04. The van der Waals surface area contributed by atoms with Crippen molar-refractivity contribution in [3.63, 3.8) is 0 Å². The number of pyridine rings is 1. The number of allylic oxidation sites excluding steroid dienone is 4. The number of nitrogens with zero attached hydrogens (tertiary/aromatic N) is 3. The van der Waals surface area contributed by atoms with Gasteiger partial charge in [-0.15, -0.1) is 0 Å². The van der Waals surface area contributed by atoms with Crippen LogP contribution in [0.25, 0.3) is 0 Å². The highest BCUT2D eigenvalue weighted by Crippen LogP contribution is 2.52. The molecule has 2 heterocycles. The number of halogens is 5. The van der Waals surface area contributed by atoms with Gasteiger partial charge in [0.1, 0.15) is 0 Å². The highest BCUT2D eigenvalue weighted by atomic mass is 35.5. The average molecular weight is 524 g/mol. The van der Waals surface area contributed by atoms with Crippen LogP contribution in [-0.2, 0) is 21.7 Å². The maximum absolute atomic E-state index is 14.4. The van der Waals surface area contributed by atoms with Gasteiger partial charge in [0, 0.05) is 58.5 Å². The molecule has 0 saturated carbocycles. The quantitative estimate of drug-likeness (QED) is 0.451. The van der Waals surface area contributed by atoms with Gasteiger partial charge in [-0.2, -0.15) is 13.2 Å². The van der Waals surface area contributed by atoms with Gasteiger partial charge in [-0.05, 0) is 36.4 Å². The van der Waals surface area contributed by atoms with Crippen molar-refractivity contribution < 1.29 is 22.8 Å². The Bertz CT molecular complexity index is 1210. The summed E-state index contributed by atoms with van der Waals surface area (Å²) in [6.07, 6.45) is 1.92. The lowest BCUT2D eigenvalue weighted by atomic mass is 9.73. The van der Waals surface area contributed by atoms with Crippen LogP contribution in [0.15, 0.2) is 71.7 Å². The molecule has 0 bridgehead atoms. The Balaban J connectivity index is 1.56. The van der Waals surface area contributed by atoms with Crippen LogP contribution >= 0.6 is 23.2 Å². The van der Waals surface area contributed by atoms with Gasteiger partial charge < -0.3 is 9.74 Å². The van der Waals surface area contributed by atoms with Gasteiger partial charge >= 0.3 is 6.18 Å². The number of hydrogen-bond acceptors (Lipinski definition) is 4. The second-order valence-corrected chi connectivity index (χ2v) is 9.72. The van der Waals surface area contributed by atoms with E-state index in [0.717, 1.165) is 0 Å². The van der Waals surface area contributed by atoms with Crippen molar-refractivity contribution in [2.24, 2.45) is 10.6 Å². The second kappa shape index (κ2) is 9.32. The van der Waals surface area contributed by atoms with Gasteiger partial charge in [-0.3, -0.25) is 9.78 Å². The molecule has 10 heteroatoms. The summed E-state index contributed by atoms with van der Waals surface area (Å²) in [4.78, 5) is 23.7. The number of amides is 1. The molecule has 5 nitrogen and oxygen atoms in total. The SMILES string of the molecule is CN(C(=O)Cc1ccccn1)C1=CC=CC(C)(C2=NOC(c3cc(Cl)cc(Cl)c3)(C(F)(F)F)C2)C1. The average Bonchev–Trinajstić information content (AvgIpc) is 3.27. The summed E-state index contributed by atoms with van der Waals surface area (Å²) in [6, 6.07) is 9.05. The molecule has 1 aromatic carbocycles. The molecule has 2 unspecified atom stereocenters. The minimum Gasteiger partial charge on any atom is -0.374 e. The van der Waals surface area contributed by atoms with E-state index in [9.17, 15) is 18.0 Å². The zero-order valence-corrected chi connectivity index (χ0v) is 20.5.